The molecular weight excluding hydrogens is 220 g/mol. The molecule has 1 rings (SSSR count). The molecule has 5 nitrogen and oxygen atoms in total. The van der Waals surface area contributed by atoms with E-state index in [1.807, 2.05) is 0 Å². The maximum atomic E-state index is 11.9. The van der Waals surface area contributed by atoms with E-state index in [-0.39, 0.29) is 24.4 Å². The molecule has 92 valence electrons. The van der Waals surface area contributed by atoms with Crippen LogP contribution in [-0.2, 0) is 9.53 Å². The van der Waals surface area contributed by atoms with Gasteiger partial charge in [0, 0.05) is 16.8 Å². The summed E-state index contributed by atoms with van der Waals surface area (Å²) in [5, 5.41) is 4.64. The van der Waals surface area contributed by atoms with Crippen LogP contribution in [0.1, 0.15) is 21.4 Å². The number of anilines is 1. The van der Waals surface area contributed by atoms with Crippen molar-refractivity contribution in [3.8, 4) is 0 Å². The van der Waals surface area contributed by atoms with E-state index in [4.69, 9.17) is 4.11 Å². The Morgan fingerprint density at radius 1 is 1.41 bits per heavy atom. The molecule has 1 aromatic rings. The van der Waals surface area contributed by atoms with Crippen molar-refractivity contribution in [2.45, 2.75) is 6.92 Å². The molecule has 0 atom stereocenters. The molecule has 5 heteroatoms. The molecular formula is C12H16N2O3. The highest BCUT2D eigenvalue weighted by Crippen LogP contribution is 2.13. The normalized spacial score (nSPS) is 12.9. The molecule has 0 unspecified atom stereocenters. The number of carbonyl (C=O) groups is 2. The highest BCUT2D eigenvalue weighted by molar-refractivity contribution is 6.00. The van der Waals surface area contributed by atoms with Crippen LogP contribution in [-0.4, -0.2) is 32.0 Å². The van der Waals surface area contributed by atoms with Gasteiger partial charge in [-0.1, -0.05) is 12.1 Å². The molecule has 0 bridgehead atoms. The topological polar surface area (TPSA) is 67.4 Å². The quantitative estimate of drug-likeness (QED) is 0.753. The van der Waals surface area contributed by atoms with E-state index in [2.05, 4.69) is 15.4 Å². The number of rotatable bonds is 5. The monoisotopic (exact) mass is 239 g/mol. The third-order valence-corrected chi connectivity index (χ3v) is 2.00. The van der Waals surface area contributed by atoms with Crippen molar-refractivity contribution in [1.29, 1.82) is 0 Å². The second kappa shape index (κ2) is 6.52. The van der Waals surface area contributed by atoms with Crippen molar-refractivity contribution < 1.29 is 18.4 Å². The first-order valence-corrected chi connectivity index (χ1v) is 5.14. The lowest BCUT2D eigenvalue weighted by Gasteiger charge is -2.09. The predicted molar refractivity (Wildman–Crippen MR) is 65.0 cm³/mol. The molecule has 0 aliphatic carbocycles. The highest BCUT2D eigenvalue weighted by atomic mass is 16.5. The van der Waals surface area contributed by atoms with Gasteiger partial charge in [-0.2, -0.15) is 0 Å². The first kappa shape index (κ1) is 9.04. The molecule has 0 aliphatic heterocycles. The Bertz CT molecular complexity index is 489. The number of esters is 1. The van der Waals surface area contributed by atoms with Crippen LogP contribution in [0.2, 0.25) is 0 Å². The molecule has 0 aromatic heterocycles. The van der Waals surface area contributed by atoms with E-state index in [1.165, 1.54) is 12.1 Å². The van der Waals surface area contributed by atoms with Crippen LogP contribution >= 0.6 is 0 Å². The zero-order valence-electron chi connectivity index (χ0n) is 12.4. The zero-order valence-corrected chi connectivity index (χ0v) is 9.45. The van der Waals surface area contributed by atoms with E-state index >= 15 is 0 Å². The van der Waals surface area contributed by atoms with E-state index in [1.54, 1.807) is 19.1 Å². The molecule has 0 saturated carbocycles. The van der Waals surface area contributed by atoms with Gasteiger partial charge in [-0.25, -0.2) is 0 Å². The average Bonchev–Trinajstić information content (AvgIpc) is 2.35. The summed E-state index contributed by atoms with van der Waals surface area (Å²) in [4.78, 5) is 23.1. The van der Waals surface area contributed by atoms with Gasteiger partial charge in [0.1, 0.15) is 6.54 Å². The Hall–Kier alpha value is -2.04. The van der Waals surface area contributed by atoms with E-state index < -0.39 is 18.9 Å². The van der Waals surface area contributed by atoms with Crippen LogP contribution in [0, 0.1) is 0 Å². The SMILES string of the molecule is [2H]C([2H])([2H])Nc1ccccc1C(=O)NCC(=O)OCC. The minimum Gasteiger partial charge on any atom is -0.465 e. The summed E-state index contributed by atoms with van der Waals surface area (Å²) in [6, 6.07) is 6.15. The number of amides is 1. The number of carbonyl (C=O) groups excluding carboxylic acids is 2. The number of hydrogen-bond acceptors (Lipinski definition) is 4. The van der Waals surface area contributed by atoms with E-state index in [0.29, 0.717) is 0 Å². The molecule has 1 amide bonds. The van der Waals surface area contributed by atoms with Crippen molar-refractivity contribution >= 4 is 17.6 Å². The summed E-state index contributed by atoms with van der Waals surface area (Å²) in [7, 11) is 0. The molecule has 0 heterocycles. The number of ether oxygens (including phenoxy) is 1. The van der Waals surface area contributed by atoms with Gasteiger partial charge in [0.2, 0.25) is 0 Å². The number of nitrogens with one attached hydrogen (secondary N) is 2. The first-order chi connectivity index (χ1) is 9.33. The summed E-state index contributed by atoms with van der Waals surface area (Å²) >= 11 is 0. The largest absolute Gasteiger partial charge is 0.465 e. The lowest BCUT2D eigenvalue weighted by atomic mass is 10.1. The molecule has 0 spiro atoms. The molecule has 0 saturated heterocycles. The maximum Gasteiger partial charge on any atom is 0.325 e. The number of para-hydroxylation sites is 1. The summed E-state index contributed by atoms with van der Waals surface area (Å²) in [6.07, 6.45) is 0. The van der Waals surface area contributed by atoms with Gasteiger partial charge in [0.05, 0.1) is 12.2 Å². The van der Waals surface area contributed by atoms with E-state index in [0.717, 1.165) is 0 Å². The van der Waals surface area contributed by atoms with Gasteiger partial charge in [0.25, 0.3) is 5.91 Å². The van der Waals surface area contributed by atoms with Crippen LogP contribution in [0.15, 0.2) is 24.3 Å². The average molecular weight is 239 g/mol. The van der Waals surface area contributed by atoms with Crippen LogP contribution in [0.4, 0.5) is 5.69 Å². The van der Waals surface area contributed by atoms with Crippen molar-refractivity contribution in [2.24, 2.45) is 0 Å². The van der Waals surface area contributed by atoms with Gasteiger partial charge in [-0.15, -0.1) is 0 Å². The van der Waals surface area contributed by atoms with Crippen molar-refractivity contribution in [3.05, 3.63) is 29.8 Å². The lowest BCUT2D eigenvalue weighted by molar-refractivity contribution is -0.141. The van der Waals surface area contributed by atoms with Crippen LogP contribution in [0.25, 0.3) is 0 Å². The second-order valence-corrected chi connectivity index (χ2v) is 3.16. The van der Waals surface area contributed by atoms with Gasteiger partial charge >= 0.3 is 5.97 Å². The van der Waals surface area contributed by atoms with Gasteiger partial charge in [0.15, 0.2) is 0 Å². The van der Waals surface area contributed by atoms with Gasteiger partial charge in [-0.3, -0.25) is 9.59 Å². The van der Waals surface area contributed by atoms with Gasteiger partial charge < -0.3 is 15.4 Å². The molecule has 0 aliphatic rings. The zero-order chi connectivity index (χ0) is 15.2. The molecule has 0 radical (unpaired) electrons. The third kappa shape index (κ3) is 3.79. The number of benzene rings is 1. The van der Waals surface area contributed by atoms with Crippen LogP contribution in [0.3, 0.4) is 0 Å². The standard InChI is InChI=1S/C12H16N2O3/c1-3-17-11(15)8-14-12(16)9-6-4-5-7-10(9)13-2/h4-7,13H,3,8H2,1-2H3,(H,14,16)/i2D3. The molecule has 0 fully saturated rings. The third-order valence-electron chi connectivity index (χ3n) is 2.00. The Labute approximate surface area is 104 Å². The summed E-state index contributed by atoms with van der Waals surface area (Å²) in [5.74, 6) is -1.10. The van der Waals surface area contributed by atoms with Crippen molar-refractivity contribution in [3.63, 3.8) is 0 Å². The van der Waals surface area contributed by atoms with Crippen molar-refractivity contribution in [2.75, 3.05) is 25.4 Å². The lowest BCUT2D eigenvalue weighted by Crippen LogP contribution is -2.31. The van der Waals surface area contributed by atoms with Crippen LogP contribution < -0.4 is 10.6 Å². The van der Waals surface area contributed by atoms with Crippen molar-refractivity contribution in [1.82, 2.24) is 5.32 Å². The molecule has 1 aromatic carbocycles. The minimum absolute atomic E-state index is 0.146. The van der Waals surface area contributed by atoms with Gasteiger partial charge in [-0.05, 0) is 19.1 Å². The maximum absolute atomic E-state index is 11.9. The second-order valence-electron chi connectivity index (χ2n) is 3.16. The Morgan fingerprint density at radius 2 is 2.18 bits per heavy atom. The Morgan fingerprint density at radius 3 is 2.88 bits per heavy atom. The molecule has 2 N–H and O–H groups in total. The van der Waals surface area contributed by atoms with E-state index in [9.17, 15) is 9.59 Å². The fraction of sp³-hybridized carbons (Fsp3) is 0.333. The minimum atomic E-state index is -2.41. The highest BCUT2D eigenvalue weighted by Gasteiger charge is 2.11. The fourth-order valence-corrected chi connectivity index (χ4v) is 1.25. The first-order valence-electron chi connectivity index (χ1n) is 6.64. The Kier molecular flexibility index (Phi) is 3.47. The number of hydrogen-bond donors (Lipinski definition) is 2. The molecule has 17 heavy (non-hydrogen) atoms. The summed E-state index contributed by atoms with van der Waals surface area (Å²) in [6.45, 7) is -0.784. The predicted octanol–water partition coefficient (Wildman–Crippen LogP) is 1.02. The summed E-state index contributed by atoms with van der Waals surface area (Å²) < 4.78 is 26.1. The fourth-order valence-electron chi connectivity index (χ4n) is 1.25. The summed E-state index contributed by atoms with van der Waals surface area (Å²) in [5.41, 5.74) is 0.321. The Balaban J connectivity index is 2.75. The smallest absolute Gasteiger partial charge is 0.325 e. The van der Waals surface area contributed by atoms with Crippen LogP contribution in [0.5, 0.6) is 0 Å².